The first-order chi connectivity index (χ1) is 12.6. The molecule has 7 heteroatoms. The smallest absolute Gasteiger partial charge is 0.324 e. The van der Waals surface area contributed by atoms with Gasteiger partial charge in [0.2, 0.25) is 0 Å². The predicted molar refractivity (Wildman–Crippen MR) is 89.8 cm³/mol. The number of hydrogen-bond donors (Lipinski definition) is 0. The molecule has 1 aliphatic heterocycles. The van der Waals surface area contributed by atoms with Gasteiger partial charge in [-0.3, -0.25) is 19.6 Å². The minimum Gasteiger partial charge on any atom is -0.324 e. The quantitative estimate of drug-likeness (QED) is 0.678. The summed E-state index contributed by atoms with van der Waals surface area (Å²) < 4.78 is 0. The van der Waals surface area contributed by atoms with Gasteiger partial charge < -0.3 is 4.84 Å². The molecule has 4 rings (SSSR count). The van der Waals surface area contributed by atoms with E-state index in [2.05, 4.69) is 9.97 Å². The summed E-state index contributed by atoms with van der Waals surface area (Å²) in [4.78, 5) is 50.0. The van der Waals surface area contributed by atoms with E-state index in [9.17, 15) is 14.4 Å². The second-order valence-electron chi connectivity index (χ2n) is 5.48. The average molecular weight is 345 g/mol. The molecule has 0 N–H and O–H groups in total. The molecule has 0 spiro atoms. The minimum atomic E-state index is -0.848. The summed E-state index contributed by atoms with van der Waals surface area (Å²) in [6, 6.07) is 14.8. The lowest BCUT2D eigenvalue weighted by molar-refractivity contribution is -0.0584. The molecule has 0 aliphatic carbocycles. The number of amides is 2. The molecule has 126 valence electrons. The molecule has 0 radical (unpaired) electrons. The van der Waals surface area contributed by atoms with Gasteiger partial charge in [-0.15, -0.1) is 0 Å². The normalized spacial score (nSPS) is 12.8. The fraction of sp³-hybridized carbons (Fsp3) is 0. The monoisotopic (exact) mass is 345 g/mol. The molecule has 1 aliphatic rings. The molecular formula is C19H11N3O4. The summed E-state index contributed by atoms with van der Waals surface area (Å²) in [7, 11) is 0. The lowest BCUT2D eigenvalue weighted by Gasteiger charge is -2.12. The molecule has 2 amide bonds. The molecule has 0 fully saturated rings. The molecule has 26 heavy (non-hydrogen) atoms. The molecule has 0 unspecified atom stereocenters. The number of rotatable bonds is 3. The maximum Gasteiger partial charge on any atom is 0.365 e. The van der Waals surface area contributed by atoms with Crippen molar-refractivity contribution in [2.45, 2.75) is 0 Å². The number of hydroxylamine groups is 2. The largest absolute Gasteiger partial charge is 0.365 e. The number of benzene rings is 1. The summed E-state index contributed by atoms with van der Waals surface area (Å²) in [5.41, 5.74) is 1.76. The minimum absolute atomic E-state index is 0.112. The summed E-state index contributed by atoms with van der Waals surface area (Å²) >= 11 is 0. The summed E-state index contributed by atoms with van der Waals surface area (Å²) in [5, 5.41) is 0.472. The van der Waals surface area contributed by atoms with E-state index >= 15 is 0 Å². The standard InChI is InChI=1S/C19H11N3O4/c23-17-13-5-1-2-6-14(13)18(24)22(17)26-19(25)12-8-9-16(21-11-12)15-7-3-4-10-20-15/h1-11H. The second-order valence-corrected chi connectivity index (χ2v) is 5.48. The lowest BCUT2D eigenvalue weighted by atomic mass is 10.1. The molecule has 1 aromatic carbocycles. The number of pyridine rings is 2. The molecular weight excluding hydrogens is 334 g/mol. The first kappa shape index (κ1) is 15.6. The Balaban J connectivity index is 1.53. The van der Waals surface area contributed by atoms with Gasteiger partial charge in [0, 0.05) is 12.4 Å². The second kappa shape index (κ2) is 6.21. The molecule has 0 saturated carbocycles. The van der Waals surface area contributed by atoms with Crippen LogP contribution in [-0.2, 0) is 4.84 Å². The third-order valence-electron chi connectivity index (χ3n) is 3.86. The molecule has 0 bridgehead atoms. The van der Waals surface area contributed by atoms with Crippen LogP contribution < -0.4 is 0 Å². The number of carbonyl (C=O) groups is 3. The van der Waals surface area contributed by atoms with E-state index < -0.39 is 17.8 Å². The molecule has 0 atom stereocenters. The van der Waals surface area contributed by atoms with Gasteiger partial charge in [-0.25, -0.2) is 4.79 Å². The van der Waals surface area contributed by atoms with Crippen LogP contribution in [0.1, 0.15) is 31.1 Å². The van der Waals surface area contributed by atoms with Gasteiger partial charge in [0.15, 0.2) is 0 Å². The van der Waals surface area contributed by atoms with Crippen LogP contribution in [0.3, 0.4) is 0 Å². The number of fused-ring (bicyclic) bond motifs is 1. The van der Waals surface area contributed by atoms with Crippen LogP contribution in [-0.4, -0.2) is 32.8 Å². The summed E-state index contributed by atoms with van der Waals surface area (Å²) in [6.07, 6.45) is 2.95. The Morgan fingerprint density at radius 2 is 1.46 bits per heavy atom. The summed E-state index contributed by atoms with van der Waals surface area (Å²) in [6.45, 7) is 0. The zero-order valence-corrected chi connectivity index (χ0v) is 13.3. The predicted octanol–water partition coefficient (Wildman–Crippen LogP) is 2.51. The number of imide groups is 1. The van der Waals surface area contributed by atoms with Gasteiger partial charge in [0.25, 0.3) is 11.8 Å². The highest BCUT2D eigenvalue weighted by Gasteiger charge is 2.38. The topological polar surface area (TPSA) is 89.5 Å². The van der Waals surface area contributed by atoms with Gasteiger partial charge in [0.05, 0.1) is 28.1 Å². The number of nitrogens with zero attached hydrogens (tertiary/aromatic N) is 3. The van der Waals surface area contributed by atoms with Crippen molar-refractivity contribution in [1.29, 1.82) is 0 Å². The molecule has 3 aromatic rings. The Hall–Kier alpha value is -3.87. The highest BCUT2D eigenvalue weighted by atomic mass is 16.7. The highest BCUT2D eigenvalue weighted by Crippen LogP contribution is 2.23. The van der Waals surface area contributed by atoms with Crippen molar-refractivity contribution >= 4 is 17.8 Å². The van der Waals surface area contributed by atoms with Gasteiger partial charge in [-0.1, -0.05) is 23.3 Å². The number of carbonyl (C=O) groups excluding carboxylic acids is 3. The fourth-order valence-electron chi connectivity index (χ4n) is 2.57. The Labute approximate surface area is 147 Å². The molecule has 0 saturated heterocycles. The van der Waals surface area contributed by atoms with Crippen LogP contribution in [0.25, 0.3) is 11.4 Å². The van der Waals surface area contributed by atoms with Gasteiger partial charge in [-0.05, 0) is 36.4 Å². The zero-order valence-electron chi connectivity index (χ0n) is 13.3. The molecule has 2 aromatic heterocycles. The van der Waals surface area contributed by atoms with Crippen molar-refractivity contribution in [2.75, 3.05) is 0 Å². The first-order valence-corrected chi connectivity index (χ1v) is 7.73. The van der Waals surface area contributed by atoms with Crippen molar-refractivity contribution in [3.8, 4) is 11.4 Å². The maximum absolute atomic E-state index is 12.3. The van der Waals surface area contributed by atoms with Crippen molar-refractivity contribution < 1.29 is 19.2 Å². The summed E-state index contributed by atoms with van der Waals surface area (Å²) in [5.74, 6) is -2.19. The van der Waals surface area contributed by atoms with Crippen LogP contribution in [0.5, 0.6) is 0 Å². The lowest BCUT2D eigenvalue weighted by Crippen LogP contribution is -2.32. The first-order valence-electron chi connectivity index (χ1n) is 7.73. The van der Waals surface area contributed by atoms with Crippen LogP contribution in [0.15, 0.2) is 67.0 Å². The molecule has 7 nitrogen and oxygen atoms in total. The van der Waals surface area contributed by atoms with Crippen molar-refractivity contribution in [1.82, 2.24) is 15.0 Å². The van der Waals surface area contributed by atoms with E-state index in [0.717, 1.165) is 0 Å². The van der Waals surface area contributed by atoms with E-state index in [0.29, 0.717) is 16.5 Å². The Morgan fingerprint density at radius 1 is 0.808 bits per heavy atom. The Bertz CT molecular complexity index is 981. The van der Waals surface area contributed by atoms with Gasteiger partial charge in [-0.2, -0.15) is 0 Å². The fourth-order valence-corrected chi connectivity index (χ4v) is 2.57. The third kappa shape index (κ3) is 2.61. The van der Waals surface area contributed by atoms with Gasteiger partial charge >= 0.3 is 5.97 Å². The Morgan fingerprint density at radius 3 is 2.04 bits per heavy atom. The average Bonchev–Trinajstić information content (AvgIpc) is 2.94. The number of aromatic nitrogens is 2. The van der Waals surface area contributed by atoms with Crippen LogP contribution >= 0.6 is 0 Å². The molecule has 3 heterocycles. The van der Waals surface area contributed by atoms with E-state index in [4.69, 9.17) is 4.84 Å². The zero-order chi connectivity index (χ0) is 18.1. The van der Waals surface area contributed by atoms with Crippen LogP contribution in [0, 0.1) is 0 Å². The maximum atomic E-state index is 12.3. The van der Waals surface area contributed by atoms with E-state index in [1.807, 2.05) is 6.07 Å². The van der Waals surface area contributed by atoms with Crippen molar-refractivity contribution in [3.05, 3.63) is 83.7 Å². The third-order valence-corrected chi connectivity index (χ3v) is 3.86. The Kier molecular flexibility index (Phi) is 3.74. The highest BCUT2D eigenvalue weighted by molar-refractivity contribution is 6.21. The van der Waals surface area contributed by atoms with Crippen LogP contribution in [0.2, 0.25) is 0 Å². The van der Waals surface area contributed by atoms with E-state index in [1.165, 1.54) is 24.4 Å². The van der Waals surface area contributed by atoms with Crippen molar-refractivity contribution in [2.24, 2.45) is 0 Å². The van der Waals surface area contributed by atoms with E-state index in [-0.39, 0.29) is 16.7 Å². The van der Waals surface area contributed by atoms with Crippen molar-refractivity contribution in [3.63, 3.8) is 0 Å². The van der Waals surface area contributed by atoms with Crippen LogP contribution in [0.4, 0.5) is 0 Å². The van der Waals surface area contributed by atoms with E-state index in [1.54, 1.807) is 36.5 Å². The SMILES string of the molecule is O=C(ON1C(=O)c2ccccc2C1=O)c1ccc(-c2ccccn2)nc1. The number of hydrogen-bond acceptors (Lipinski definition) is 6. The van der Waals surface area contributed by atoms with Gasteiger partial charge in [0.1, 0.15) is 0 Å².